The molecule has 2 N–H and O–H groups in total. The van der Waals surface area contributed by atoms with Crippen LogP contribution in [0.2, 0.25) is 0 Å². The Morgan fingerprint density at radius 3 is 2.65 bits per heavy atom. The van der Waals surface area contributed by atoms with Crippen molar-refractivity contribution in [2.45, 2.75) is 23.8 Å². The average molecular weight is 382 g/mol. The van der Waals surface area contributed by atoms with E-state index in [4.69, 9.17) is 9.47 Å². The number of esters is 1. The molecule has 1 aliphatic rings. The molecule has 1 aliphatic heterocycles. The Kier molecular flexibility index (Phi) is 7.31. The van der Waals surface area contributed by atoms with E-state index in [1.165, 1.54) is 30.3 Å². The molecule has 2 rings (SSSR count). The molecule has 0 aromatic heterocycles. The molecule has 1 saturated heterocycles. The van der Waals surface area contributed by atoms with Gasteiger partial charge in [-0.05, 0) is 37.1 Å². The summed E-state index contributed by atoms with van der Waals surface area (Å²) in [4.78, 5) is 23.6. The van der Waals surface area contributed by atoms with Gasteiger partial charge in [-0.2, -0.15) is 0 Å². The maximum atomic E-state index is 11.9. The number of rotatable bonds is 9. The monoisotopic (exact) mass is 382 g/mol. The average Bonchev–Trinajstić information content (AvgIpc) is 3.16. The molecule has 8 nitrogen and oxygen atoms in total. The number of nitrogens with one attached hydrogen (secondary N) is 2. The van der Waals surface area contributed by atoms with Crippen molar-refractivity contribution in [3.05, 3.63) is 42.5 Å². The predicted molar refractivity (Wildman–Crippen MR) is 94.1 cm³/mol. The van der Waals surface area contributed by atoms with Gasteiger partial charge in [-0.25, -0.2) is 17.9 Å². The third-order valence-corrected chi connectivity index (χ3v) is 5.14. The van der Waals surface area contributed by atoms with Crippen molar-refractivity contribution in [1.29, 1.82) is 0 Å². The summed E-state index contributed by atoms with van der Waals surface area (Å²) >= 11 is 0. The van der Waals surface area contributed by atoms with Gasteiger partial charge >= 0.3 is 5.97 Å². The van der Waals surface area contributed by atoms with Gasteiger partial charge < -0.3 is 14.8 Å². The lowest BCUT2D eigenvalue weighted by Gasteiger charge is -2.11. The smallest absolute Gasteiger partial charge is 0.338 e. The van der Waals surface area contributed by atoms with E-state index in [0.717, 1.165) is 12.8 Å². The lowest BCUT2D eigenvalue weighted by atomic mass is 10.2. The molecule has 9 heteroatoms. The van der Waals surface area contributed by atoms with Crippen LogP contribution in [0.1, 0.15) is 23.2 Å². The van der Waals surface area contributed by atoms with Crippen LogP contribution in [0.25, 0.3) is 0 Å². The Labute approximate surface area is 152 Å². The van der Waals surface area contributed by atoms with Crippen LogP contribution >= 0.6 is 0 Å². The Hall–Kier alpha value is -2.23. The molecule has 1 aromatic carbocycles. The third kappa shape index (κ3) is 5.94. The minimum Gasteiger partial charge on any atom is -0.452 e. The minimum atomic E-state index is -3.66. The van der Waals surface area contributed by atoms with E-state index >= 15 is 0 Å². The number of hydrogen-bond donors (Lipinski definition) is 2. The van der Waals surface area contributed by atoms with Crippen LogP contribution in [0.5, 0.6) is 0 Å². The highest BCUT2D eigenvalue weighted by Crippen LogP contribution is 2.12. The van der Waals surface area contributed by atoms with E-state index in [-0.39, 0.29) is 23.1 Å². The fourth-order valence-electron chi connectivity index (χ4n) is 2.32. The molecule has 0 saturated carbocycles. The normalized spacial score (nSPS) is 16.8. The quantitative estimate of drug-likeness (QED) is 0.478. The molecule has 0 aliphatic carbocycles. The van der Waals surface area contributed by atoms with Crippen LogP contribution in [0.3, 0.4) is 0 Å². The second-order valence-electron chi connectivity index (χ2n) is 5.68. The molecule has 0 spiro atoms. The van der Waals surface area contributed by atoms with Gasteiger partial charge in [0, 0.05) is 19.7 Å². The van der Waals surface area contributed by atoms with E-state index in [9.17, 15) is 18.0 Å². The van der Waals surface area contributed by atoms with Crippen LogP contribution in [0.15, 0.2) is 41.8 Å². The highest BCUT2D eigenvalue weighted by atomic mass is 32.2. The summed E-state index contributed by atoms with van der Waals surface area (Å²) in [6, 6.07) is 5.24. The fourth-order valence-corrected chi connectivity index (χ4v) is 3.32. The Morgan fingerprint density at radius 2 is 2.04 bits per heavy atom. The number of carbonyl (C=O) groups excluding carboxylic acids is 2. The van der Waals surface area contributed by atoms with Crippen LogP contribution in [0.4, 0.5) is 0 Å². The molecule has 0 unspecified atom stereocenters. The van der Waals surface area contributed by atoms with Gasteiger partial charge in [0.15, 0.2) is 6.61 Å². The Bertz CT molecular complexity index is 739. The van der Waals surface area contributed by atoms with Gasteiger partial charge in [-0.3, -0.25) is 4.79 Å². The van der Waals surface area contributed by atoms with Crippen molar-refractivity contribution >= 4 is 21.9 Å². The summed E-state index contributed by atoms with van der Waals surface area (Å²) in [6.45, 7) is 4.22. The maximum Gasteiger partial charge on any atom is 0.338 e. The highest BCUT2D eigenvalue weighted by molar-refractivity contribution is 7.89. The number of amides is 1. The van der Waals surface area contributed by atoms with Gasteiger partial charge in [0.25, 0.3) is 5.91 Å². The van der Waals surface area contributed by atoms with E-state index in [1.54, 1.807) is 0 Å². The minimum absolute atomic E-state index is 0.0128. The molecule has 0 bridgehead atoms. The first-order chi connectivity index (χ1) is 12.4. The van der Waals surface area contributed by atoms with Crippen molar-refractivity contribution in [2.75, 3.05) is 26.3 Å². The molecular weight excluding hydrogens is 360 g/mol. The van der Waals surface area contributed by atoms with Crippen molar-refractivity contribution < 1.29 is 27.5 Å². The summed E-state index contributed by atoms with van der Waals surface area (Å²) < 4.78 is 36.5. The molecule has 142 valence electrons. The van der Waals surface area contributed by atoms with Crippen molar-refractivity contribution in [2.24, 2.45) is 0 Å². The number of carbonyl (C=O) groups is 2. The van der Waals surface area contributed by atoms with Gasteiger partial charge in [-0.15, -0.1) is 6.58 Å². The SMILES string of the molecule is C=CCNS(=O)(=O)c1ccc(C(=O)OCC(=O)NC[C@H]2CCCO2)cc1. The summed E-state index contributed by atoms with van der Waals surface area (Å²) in [7, 11) is -3.66. The number of sulfonamides is 1. The maximum absolute atomic E-state index is 11.9. The molecule has 0 radical (unpaired) electrons. The van der Waals surface area contributed by atoms with Crippen LogP contribution in [-0.4, -0.2) is 52.7 Å². The summed E-state index contributed by atoms with van der Waals surface area (Å²) in [5.74, 6) is -1.12. The molecule has 26 heavy (non-hydrogen) atoms. The topological polar surface area (TPSA) is 111 Å². The number of ether oxygens (including phenoxy) is 2. The summed E-state index contributed by atoms with van der Waals surface area (Å²) in [6.07, 6.45) is 3.31. The summed E-state index contributed by atoms with van der Waals surface area (Å²) in [5.41, 5.74) is 0.152. The zero-order chi connectivity index (χ0) is 19.0. The Morgan fingerprint density at radius 1 is 1.31 bits per heavy atom. The van der Waals surface area contributed by atoms with Gasteiger partial charge in [0.1, 0.15) is 0 Å². The van der Waals surface area contributed by atoms with Gasteiger partial charge in [-0.1, -0.05) is 6.08 Å². The largest absolute Gasteiger partial charge is 0.452 e. The zero-order valence-electron chi connectivity index (χ0n) is 14.3. The van der Waals surface area contributed by atoms with E-state index in [1.807, 2.05) is 0 Å². The molecule has 1 atom stereocenters. The first-order valence-electron chi connectivity index (χ1n) is 8.18. The molecule has 1 fully saturated rings. The van der Waals surface area contributed by atoms with E-state index in [2.05, 4.69) is 16.6 Å². The van der Waals surface area contributed by atoms with Crippen molar-refractivity contribution in [1.82, 2.24) is 10.0 Å². The van der Waals surface area contributed by atoms with Gasteiger partial charge in [0.05, 0.1) is 16.6 Å². The lowest BCUT2D eigenvalue weighted by molar-refractivity contribution is -0.124. The van der Waals surface area contributed by atoms with Crippen molar-refractivity contribution in [3.8, 4) is 0 Å². The van der Waals surface area contributed by atoms with E-state index in [0.29, 0.717) is 13.2 Å². The second kappa shape index (κ2) is 9.46. The van der Waals surface area contributed by atoms with Gasteiger partial charge in [0.2, 0.25) is 10.0 Å². The molecule has 1 aromatic rings. The van der Waals surface area contributed by atoms with Crippen molar-refractivity contribution in [3.63, 3.8) is 0 Å². The third-order valence-electron chi connectivity index (χ3n) is 3.70. The number of benzene rings is 1. The molecule has 1 amide bonds. The second-order valence-corrected chi connectivity index (χ2v) is 7.45. The van der Waals surface area contributed by atoms with E-state index < -0.39 is 28.5 Å². The lowest BCUT2D eigenvalue weighted by Crippen LogP contribution is -2.34. The molecular formula is C17H22N2O6S. The highest BCUT2D eigenvalue weighted by Gasteiger charge is 2.18. The summed E-state index contributed by atoms with van der Waals surface area (Å²) in [5, 5.41) is 2.64. The molecule has 1 heterocycles. The number of hydrogen-bond acceptors (Lipinski definition) is 6. The van der Waals surface area contributed by atoms with Crippen LogP contribution < -0.4 is 10.0 Å². The van der Waals surface area contributed by atoms with Crippen LogP contribution in [0, 0.1) is 0 Å². The first-order valence-corrected chi connectivity index (χ1v) is 9.67. The fraction of sp³-hybridized carbons (Fsp3) is 0.412. The zero-order valence-corrected chi connectivity index (χ0v) is 15.1. The first kappa shape index (κ1) is 20.1. The predicted octanol–water partition coefficient (Wildman–Crippen LogP) is 0.603. The standard InChI is InChI=1S/C17H22N2O6S/c1-2-9-19-26(22,23)15-7-5-13(6-8-15)17(21)25-12-16(20)18-11-14-4-3-10-24-14/h2,5-8,14,19H,1,3-4,9-12H2,(H,18,20)/t14-/m1/s1. The van der Waals surface area contributed by atoms with Crippen LogP contribution in [-0.2, 0) is 24.3 Å². The Balaban J connectivity index is 1.81.